The Kier molecular flexibility index (Phi) is 4.63. The van der Waals surface area contributed by atoms with Crippen LogP contribution in [0.1, 0.15) is 44.7 Å². The fraction of sp³-hybridized carbons (Fsp3) is 0.500. The van der Waals surface area contributed by atoms with E-state index in [0.29, 0.717) is 6.54 Å². The number of hydrogen-bond acceptors (Lipinski definition) is 5. The predicted octanol–water partition coefficient (Wildman–Crippen LogP) is 3.44. The van der Waals surface area contributed by atoms with Crippen LogP contribution >= 0.6 is 0 Å². The van der Waals surface area contributed by atoms with Crippen LogP contribution in [-0.2, 0) is 4.79 Å². The number of rotatable bonds is 4. The van der Waals surface area contributed by atoms with Gasteiger partial charge in [-0.25, -0.2) is 9.79 Å². The third-order valence-electron chi connectivity index (χ3n) is 6.44. The number of aryl methyl sites for hydroxylation is 1. The van der Waals surface area contributed by atoms with Gasteiger partial charge in [0.1, 0.15) is 0 Å². The van der Waals surface area contributed by atoms with E-state index < -0.39 is 12.2 Å². The first-order chi connectivity index (χ1) is 13.8. The highest BCUT2D eigenvalue weighted by Gasteiger charge is 2.55. The van der Waals surface area contributed by atoms with Gasteiger partial charge in [0, 0.05) is 25.0 Å². The molecule has 154 valence electrons. The van der Waals surface area contributed by atoms with E-state index in [0.717, 1.165) is 35.9 Å². The second-order valence-electron chi connectivity index (χ2n) is 8.12. The van der Waals surface area contributed by atoms with E-state index in [9.17, 15) is 9.59 Å². The number of guanidine groups is 1. The minimum Gasteiger partial charge on any atom is -0.302 e. The Bertz CT molecular complexity index is 951. The lowest BCUT2D eigenvalue weighted by atomic mass is 10.1. The molecule has 3 heterocycles. The molecule has 0 spiro atoms. The van der Waals surface area contributed by atoms with Gasteiger partial charge >= 0.3 is 6.03 Å². The van der Waals surface area contributed by atoms with Crippen LogP contribution in [0, 0.1) is 13.8 Å². The molecule has 29 heavy (non-hydrogen) atoms. The largest absolute Gasteiger partial charge is 0.328 e. The lowest BCUT2D eigenvalue weighted by molar-refractivity contribution is -0.136. The van der Waals surface area contributed by atoms with E-state index in [1.807, 2.05) is 17.9 Å². The summed E-state index contributed by atoms with van der Waals surface area (Å²) in [5.41, 5.74) is 5.51. The summed E-state index contributed by atoms with van der Waals surface area (Å²) in [5.74, 6) is 0.578. The first-order valence-corrected chi connectivity index (χ1v) is 10.3. The van der Waals surface area contributed by atoms with Crippen LogP contribution in [0.15, 0.2) is 34.6 Å². The fourth-order valence-corrected chi connectivity index (χ4v) is 4.40. The van der Waals surface area contributed by atoms with Crippen molar-refractivity contribution in [3.8, 4) is 0 Å². The molecular weight excluding hydrogens is 366 g/mol. The Morgan fingerprint density at radius 3 is 2.48 bits per heavy atom. The Hall–Kier alpha value is -2.83. The Morgan fingerprint density at radius 1 is 1.07 bits per heavy atom. The van der Waals surface area contributed by atoms with E-state index in [1.54, 1.807) is 11.9 Å². The van der Waals surface area contributed by atoms with Crippen molar-refractivity contribution in [3.05, 3.63) is 40.7 Å². The molecule has 0 aromatic heterocycles. The number of carbonyl (C=O) groups is 2. The maximum absolute atomic E-state index is 13.4. The van der Waals surface area contributed by atoms with E-state index in [-0.39, 0.29) is 11.9 Å². The third-order valence-corrected chi connectivity index (χ3v) is 6.44. The van der Waals surface area contributed by atoms with Gasteiger partial charge in [-0.15, -0.1) is 0 Å². The molecule has 7 nitrogen and oxygen atoms in total. The number of likely N-dealkylation sites (N-methyl/N-ethyl adjacent to an activating group) is 1. The van der Waals surface area contributed by atoms with Crippen LogP contribution in [0.3, 0.4) is 0 Å². The molecule has 3 amide bonds. The van der Waals surface area contributed by atoms with Crippen LogP contribution in [0.2, 0.25) is 0 Å². The summed E-state index contributed by atoms with van der Waals surface area (Å²) < 4.78 is 0. The Labute approximate surface area is 172 Å². The quantitative estimate of drug-likeness (QED) is 0.784. The monoisotopic (exact) mass is 395 g/mol. The zero-order valence-electron chi connectivity index (χ0n) is 18.1. The number of carbonyl (C=O) groups excluding carboxylic acids is 2. The van der Waals surface area contributed by atoms with E-state index >= 15 is 0 Å². The number of fused-ring (bicyclic) bond motifs is 3. The summed E-state index contributed by atoms with van der Waals surface area (Å²) in [5, 5.41) is 0. The minimum absolute atomic E-state index is 0.153. The fourth-order valence-electron chi connectivity index (χ4n) is 4.40. The summed E-state index contributed by atoms with van der Waals surface area (Å²) in [6.07, 6.45) is 1.23. The smallest absolute Gasteiger partial charge is 0.302 e. The first-order valence-electron chi connectivity index (χ1n) is 10.3. The van der Waals surface area contributed by atoms with Gasteiger partial charge in [-0.1, -0.05) is 25.5 Å². The number of nitrogens with zero attached hydrogens (tertiary/aromatic N) is 5. The highest BCUT2D eigenvalue weighted by molar-refractivity contribution is 6.10. The summed E-state index contributed by atoms with van der Waals surface area (Å²) in [6.45, 7) is 10.8. The van der Waals surface area contributed by atoms with Crippen molar-refractivity contribution >= 4 is 23.6 Å². The van der Waals surface area contributed by atoms with E-state index in [1.165, 1.54) is 16.0 Å². The number of aliphatic imine (C=N–C) groups is 1. The standard InChI is InChI=1S/C22H29N5O2/c1-7-8-12-25-20(28)18-19(24(6)22(25)29)23-21-26(15(4)16(5)27(18)21)17-11-9-10-13(2)14(17)3/h9-11,18-19H,7-8,12H2,1-6H3. The molecule has 3 aliphatic heterocycles. The van der Waals surface area contributed by atoms with Crippen LogP contribution in [0.4, 0.5) is 10.5 Å². The second-order valence-corrected chi connectivity index (χ2v) is 8.12. The number of urea groups is 1. The molecule has 0 radical (unpaired) electrons. The zero-order valence-corrected chi connectivity index (χ0v) is 18.1. The molecule has 1 aromatic carbocycles. The van der Waals surface area contributed by atoms with Crippen molar-refractivity contribution in [3.63, 3.8) is 0 Å². The predicted molar refractivity (Wildman–Crippen MR) is 113 cm³/mol. The zero-order chi connectivity index (χ0) is 21.0. The normalized spacial score (nSPS) is 23.9. The number of imide groups is 1. The molecule has 0 N–H and O–H groups in total. The summed E-state index contributed by atoms with van der Waals surface area (Å²) in [7, 11) is 1.74. The van der Waals surface area contributed by atoms with Crippen molar-refractivity contribution in [2.24, 2.45) is 4.99 Å². The maximum Gasteiger partial charge on any atom is 0.328 e. The molecule has 2 unspecified atom stereocenters. The molecule has 1 aromatic rings. The van der Waals surface area contributed by atoms with Gasteiger partial charge in [0.15, 0.2) is 12.2 Å². The lowest BCUT2D eigenvalue weighted by Crippen LogP contribution is -2.64. The molecule has 2 atom stereocenters. The Morgan fingerprint density at radius 2 is 1.79 bits per heavy atom. The van der Waals surface area contributed by atoms with E-state index in [4.69, 9.17) is 4.99 Å². The average Bonchev–Trinajstić information content (AvgIpc) is 3.19. The number of amides is 3. The average molecular weight is 396 g/mol. The lowest BCUT2D eigenvalue weighted by Gasteiger charge is -2.40. The summed E-state index contributed by atoms with van der Waals surface area (Å²) in [4.78, 5) is 38.2. The topological polar surface area (TPSA) is 59.5 Å². The van der Waals surface area contributed by atoms with Crippen molar-refractivity contribution in [1.82, 2.24) is 14.7 Å². The van der Waals surface area contributed by atoms with Crippen LogP contribution < -0.4 is 4.90 Å². The molecule has 1 saturated heterocycles. The first kappa shape index (κ1) is 19.5. The van der Waals surface area contributed by atoms with Gasteiger partial charge in [-0.05, 0) is 51.3 Å². The van der Waals surface area contributed by atoms with Crippen molar-refractivity contribution < 1.29 is 9.59 Å². The molecule has 7 heteroatoms. The van der Waals surface area contributed by atoms with Crippen LogP contribution in [0.25, 0.3) is 0 Å². The second kappa shape index (κ2) is 6.90. The Balaban J connectivity index is 1.77. The SMILES string of the molecule is CCCCN1C(=O)C2C(N=C3N(c4cccc(C)c4C)C(C)=C(C)N32)N(C)C1=O. The van der Waals surface area contributed by atoms with Gasteiger partial charge in [0.05, 0.1) is 5.69 Å². The highest BCUT2D eigenvalue weighted by Crippen LogP contribution is 2.41. The number of hydrogen-bond donors (Lipinski definition) is 0. The molecule has 3 aliphatic rings. The number of benzene rings is 1. The molecule has 4 rings (SSSR count). The van der Waals surface area contributed by atoms with Gasteiger partial charge < -0.3 is 4.90 Å². The molecule has 0 bridgehead atoms. The van der Waals surface area contributed by atoms with Crippen LogP contribution in [0.5, 0.6) is 0 Å². The van der Waals surface area contributed by atoms with Gasteiger partial charge in [0.25, 0.3) is 5.91 Å². The third kappa shape index (κ3) is 2.67. The number of allylic oxidation sites excluding steroid dienone is 2. The van der Waals surface area contributed by atoms with Gasteiger partial charge in [0.2, 0.25) is 5.96 Å². The summed E-state index contributed by atoms with van der Waals surface area (Å²) >= 11 is 0. The number of unbranched alkanes of at least 4 members (excludes halogenated alkanes) is 1. The molecule has 0 saturated carbocycles. The highest BCUT2D eigenvalue weighted by atomic mass is 16.2. The summed E-state index contributed by atoms with van der Waals surface area (Å²) in [6, 6.07) is 5.45. The van der Waals surface area contributed by atoms with Crippen molar-refractivity contribution in [2.45, 2.75) is 59.7 Å². The van der Waals surface area contributed by atoms with Gasteiger partial charge in [-0.2, -0.15) is 0 Å². The molecular formula is C22H29N5O2. The van der Waals surface area contributed by atoms with Crippen molar-refractivity contribution in [2.75, 3.05) is 18.5 Å². The molecule has 1 fully saturated rings. The number of anilines is 1. The molecule has 0 aliphatic carbocycles. The van der Waals surface area contributed by atoms with Crippen molar-refractivity contribution in [1.29, 1.82) is 0 Å². The minimum atomic E-state index is -0.505. The van der Waals surface area contributed by atoms with Crippen LogP contribution in [-0.4, -0.2) is 58.4 Å². The van der Waals surface area contributed by atoms with E-state index in [2.05, 4.69) is 44.7 Å². The maximum atomic E-state index is 13.4. The van der Waals surface area contributed by atoms with Gasteiger partial charge in [-0.3, -0.25) is 19.5 Å².